The Morgan fingerprint density at radius 2 is 2.00 bits per heavy atom. The quantitative estimate of drug-likeness (QED) is 0.830. The van der Waals surface area contributed by atoms with Crippen molar-refractivity contribution in [3.63, 3.8) is 0 Å². The van der Waals surface area contributed by atoms with E-state index in [1.807, 2.05) is 0 Å². The van der Waals surface area contributed by atoms with E-state index >= 15 is 0 Å². The Hall–Kier alpha value is -2.47. The van der Waals surface area contributed by atoms with Gasteiger partial charge >= 0.3 is 0 Å². The van der Waals surface area contributed by atoms with Gasteiger partial charge in [-0.05, 0) is 24.3 Å². The van der Waals surface area contributed by atoms with Crippen LogP contribution in [0.5, 0.6) is 0 Å². The molecule has 0 aliphatic heterocycles. The Morgan fingerprint density at radius 3 is 2.58 bits per heavy atom. The molecular formula is C12H9ClN4O2. The number of aromatic nitrogens is 2. The fourth-order valence-corrected chi connectivity index (χ4v) is 1.51. The van der Waals surface area contributed by atoms with Crippen molar-refractivity contribution in [2.75, 3.05) is 5.32 Å². The van der Waals surface area contributed by atoms with Crippen LogP contribution in [-0.2, 0) is 0 Å². The molecule has 0 bridgehead atoms. The predicted molar refractivity (Wildman–Crippen MR) is 70.0 cm³/mol. The molecule has 0 saturated heterocycles. The van der Waals surface area contributed by atoms with Gasteiger partial charge in [-0.25, -0.2) is 4.98 Å². The Morgan fingerprint density at radius 1 is 1.21 bits per heavy atom. The van der Waals surface area contributed by atoms with Crippen LogP contribution in [0.25, 0.3) is 0 Å². The van der Waals surface area contributed by atoms with Crippen LogP contribution in [0.1, 0.15) is 20.8 Å². The summed E-state index contributed by atoms with van der Waals surface area (Å²) in [7, 11) is 0. The third kappa shape index (κ3) is 3.05. The Kier molecular flexibility index (Phi) is 3.72. The number of nitrogens with two attached hydrogens (primary N) is 1. The average Bonchev–Trinajstić information content (AvgIpc) is 2.41. The van der Waals surface area contributed by atoms with E-state index in [1.54, 1.807) is 12.1 Å². The summed E-state index contributed by atoms with van der Waals surface area (Å²) in [6, 6.07) is 6.10. The van der Waals surface area contributed by atoms with Crippen LogP contribution in [0.3, 0.4) is 0 Å². The number of halogens is 1. The van der Waals surface area contributed by atoms with E-state index < -0.39 is 11.8 Å². The van der Waals surface area contributed by atoms with E-state index in [4.69, 9.17) is 17.3 Å². The molecule has 0 aromatic carbocycles. The van der Waals surface area contributed by atoms with Gasteiger partial charge in [0.15, 0.2) is 5.15 Å². The van der Waals surface area contributed by atoms with Crippen molar-refractivity contribution < 1.29 is 9.59 Å². The van der Waals surface area contributed by atoms with Gasteiger partial charge in [-0.3, -0.25) is 14.6 Å². The molecule has 0 unspecified atom stereocenters. The van der Waals surface area contributed by atoms with Crippen LogP contribution in [0, 0.1) is 0 Å². The van der Waals surface area contributed by atoms with E-state index in [9.17, 15) is 9.59 Å². The number of anilines is 1. The molecule has 19 heavy (non-hydrogen) atoms. The summed E-state index contributed by atoms with van der Waals surface area (Å²) in [6.07, 6.45) is 2.78. The first-order valence-electron chi connectivity index (χ1n) is 5.25. The minimum Gasteiger partial charge on any atom is -0.364 e. The maximum absolute atomic E-state index is 11.9. The van der Waals surface area contributed by atoms with E-state index in [0.29, 0.717) is 5.69 Å². The lowest BCUT2D eigenvalue weighted by Gasteiger charge is -2.06. The molecule has 0 aliphatic carbocycles. The summed E-state index contributed by atoms with van der Waals surface area (Å²) in [5.74, 6) is -1.05. The van der Waals surface area contributed by atoms with Crippen molar-refractivity contribution in [2.45, 2.75) is 0 Å². The highest BCUT2D eigenvalue weighted by Gasteiger charge is 2.10. The van der Waals surface area contributed by atoms with Gasteiger partial charge in [0.05, 0.1) is 11.3 Å². The number of nitrogens with zero attached hydrogens (tertiary/aromatic N) is 2. The first kappa shape index (κ1) is 13.0. The first-order chi connectivity index (χ1) is 9.08. The molecule has 96 valence electrons. The van der Waals surface area contributed by atoms with Crippen molar-refractivity contribution in [3.8, 4) is 0 Å². The third-order valence-electron chi connectivity index (χ3n) is 2.29. The molecule has 2 heterocycles. The van der Waals surface area contributed by atoms with Gasteiger partial charge in [-0.2, -0.15) is 0 Å². The number of primary amides is 1. The van der Waals surface area contributed by atoms with Crippen LogP contribution < -0.4 is 11.1 Å². The van der Waals surface area contributed by atoms with Gasteiger partial charge < -0.3 is 11.1 Å². The molecule has 2 aromatic heterocycles. The Labute approximate surface area is 113 Å². The maximum Gasteiger partial charge on any atom is 0.267 e. The Bertz CT molecular complexity index is 628. The number of rotatable bonds is 3. The summed E-state index contributed by atoms with van der Waals surface area (Å²) in [4.78, 5) is 30.4. The van der Waals surface area contributed by atoms with Gasteiger partial charge in [-0.1, -0.05) is 11.6 Å². The summed E-state index contributed by atoms with van der Waals surface area (Å²) >= 11 is 5.82. The molecule has 0 saturated carbocycles. The second kappa shape index (κ2) is 5.45. The molecule has 0 spiro atoms. The van der Waals surface area contributed by atoms with Crippen LogP contribution in [0.4, 0.5) is 5.69 Å². The minimum absolute atomic E-state index is 0.0935. The topological polar surface area (TPSA) is 98.0 Å². The lowest BCUT2D eigenvalue weighted by Crippen LogP contribution is -2.16. The second-order valence-corrected chi connectivity index (χ2v) is 3.95. The zero-order chi connectivity index (χ0) is 13.8. The van der Waals surface area contributed by atoms with Gasteiger partial charge in [0.25, 0.3) is 11.8 Å². The molecule has 2 aromatic rings. The molecule has 0 atom stereocenters. The van der Waals surface area contributed by atoms with Crippen molar-refractivity contribution in [3.05, 3.63) is 53.1 Å². The fourth-order valence-electron chi connectivity index (χ4n) is 1.35. The molecule has 6 nitrogen and oxygen atoms in total. The fraction of sp³-hybridized carbons (Fsp3) is 0. The number of carbonyl (C=O) groups excluding carboxylic acids is 2. The van der Waals surface area contributed by atoms with E-state index in [0.717, 1.165) is 0 Å². The average molecular weight is 277 g/mol. The first-order valence-corrected chi connectivity index (χ1v) is 5.63. The number of amides is 2. The number of hydrogen-bond acceptors (Lipinski definition) is 4. The van der Waals surface area contributed by atoms with Crippen molar-refractivity contribution >= 4 is 29.1 Å². The molecule has 0 radical (unpaired) electrons. The largest absolute Gasteiger partial charge is 0.364 e. The summed E-state index contributed by atoms with van der Waals surface area (Å²) in [5, 5.41) is 2.78. The van der Waals surface area contributed by atoms with Crippen molar-refractivity contribution in [1.29, 1.82) is 0 Å². The van der Waals surface area contributed by atoms with Gasteiger partial charge in [0, 0.05) is 12.4 Å². The zero-order valence-electron chi connectivity index (χ0n) is 9.63. The van der Waals surface area contributed by atoms with E-state index in [2.05, 4.69) is 15.3 Å². The normalized spacial score (nSPS) is 9.95. The molecule has 0 aliphatic rings. The lowest BCUT2D eigenvalue weighted by molar-refractivity contribution is 0.0990. The standard InChI is InChI=1S/C12H9ClN4O2/c13-10-8(2-1-5-15-10)17-12(19)7-3-4-9(11(14)18)16-6-7/h1-6H,(H2,14,18)(H,17,19). The summed E-state index contributed by atoms with van der Waals surface area (Å²) in [6.45, 7) is 0. The highest BCUT2D eigenvalue weighted by atomic mass is 35.5. The molecule has 2 rings (SSSR count). The molecule has 3 N–H and O–H groups in total. The summed E-state index contributed by atoms with van der Waals surface area (Å²) < 4.78 is 0. The number of carbonyl (C=O) groups is 2. The van der Waals surface area contributed by atoms with Crippen LogP contribution in [-0.4, -0.2) is 21.8 Å². The Balaban J connectivity index is 2.16. The second-order valence-electron chi connectivity index (χ2n) is 3.59. The molecule has 2 amide bonds. The third-order valence-corrected chi connectivity index (χ3v) is 2.59. The van der Waals surface area contributed by atoms with E-state index in [-0.39, 0.29) is 16.4 Å². The monoisotopic (exact) mass is 276 g/mol. The zero-order valence-corrected chi connectivity index (χ0v) is 10.4. The molecular weight excluding hydrogens is 268 g/mol. The predicted octanol–water partition coefficient (Wildman–Crippen LogP) is 1.48. The van der Waals surface area contributed by atoms with Gasteiger partial charge in [0.1, 0.15) is 5.69 Å². The smallest absolute Gasteiger partial charge is 0.267 e. The van der Waals surface area contributed by atoms with Gasteiger partial charge in [0.2, 0.25) is 0 Å². The van der Waals surface area contributed by atoms with Crippen LogP contribution in [0.15, 0.2) is 36.7 Å². The number of pyridine rings is 2. The molecule has 0 fully saturated rings. The minimum atomic E-state index is -0.651. The number of nitrogens with one attached hydrogen (secondary N) is 1. The highest BCUT2D eigenvalue weighted by molar-refractivity contribution is 6.32. The van der Waals surface area contributed by atoms with Crippen molar-refractivity contribution in [2.24, 2.45) is 5.73 Å². The number of hydrogen-bond donors (Lipinski definition) is 2. The van der Waals surface area contributed by atoms with E-state index in [1.165, 1.54) is 24.5 Å². The van der Waals surface area contributed by atoms with Crippen LogP contribution in [0.2, 0.25) is 5.15 Å². The van der Waals surface area contributed by atoms with Gasteiger partial charge in [-0.15, -0.1) is 0 Å². The SMILES string of the molecule is NC(=O)c1ccc(C(=O)Nc2cccnc2Cl)cn1. The van der Waals surface area contributed by atoms with Crippen molar-refractivity contribution in [1.82, 2.24) is 9.97 Å². The molecule has 7 heteroatoms. The van der Waals surface area contributed by atoms with Crippen LogP contribution >= 0.6 is 11.6 Å². The highest BCUT2D eigenvalue weighted by Crippen LogP contribution is 2.18. The summed E-state index contributed by atoms with van der Waals surface area (Å²) in [5.41, 5.74) is 5.83. The maximum atomic E-state index is 11.9. The lowest BCUT2D eigenvalue weighted by atomic mass is 10.2.